The monoisotopic (exact) mass is 281 g/mol. The number of para-hydroxylation sites is 2. The standard InChI is InChI=1S/C14H23N3O3/c1-11(17(7-9-18)8-10-20-2)14(19)16-13-6-4-3-5-12(13)15/h3-6,11,18H,7-10,15H2,1-2H3,(H,16,19). The van der Waals surface area contributed by atoms with Gasteiger partial charge in [0, 0.05) is 20.2 Å². The van der Waals surface area contributed by atoms with E-state index < -0.39 is 0 Å². The number of hydrogen-bond donors (Lipinski definition) is 3. The second-order valence-electron chi connectivity index (χ2n) is 4.50. The average Bonchev–Trinajstić information content (AvgIpc) is 2.45. The Bertz CT molecular complexity index is 426. The molecule has 0 bridgehead atoms. The Balaban J connectivity index is 2.66. The number of nitrogen functional groups attached to an aromatic ring is 1. The molecule has 1 rings (SSSR count). The van der Waals surface area contributed by atoms with Crippen molar-refractivity contribution in [2.75, 3.05) is 44.5 Å². The van der Waals surface area contributed by atoms with Gasteiger partial charge in [0.15, 0.2) is 0 Å². The van der Waals surface area contributed by atoms with E-state index in [-0.39, 0.29) is 18.6 Å². The van der Waals surface area contributed by atoms with Crippen molar-refractivity contribution in [1.82, 2.24) is 4.90 Å². The third-order valence-electron chi connectivity index (χ3n) is 3.12. The van der Waals surface area contributed by atoms with Gasteiger partial charge in [0.1, 0.15) is 0 Å². The lowest BCUT2D eigenvalue weighted by molar-refractivity contribution is -0.121. The average molecular weight is 281 g/mol. The molecule has 0 aliphatic carbocycles. The first-order valence-electron chi connectivity index (χ1n) is 6.59. The first kappa shape index (κ1) is 16.4. The molecule has 1 aromatic rings. The molecule has 1 unspecified atom stereocenters. The molecule has 0 saturated heterocycles. The zero-order chi connectivity index (χ0) is 15.0. The summed E-state index contributed by atoms with van der Waals surface area (Å²) in [5, 5.41) is 11.9. The van der Waals surface area contributed by atoms with Crippen LogP contribution in [0.4, 0.5) is 11.4 Å². The van der Waals surface area contributed by atoms with Crippen molar-refractivity contribution in [2.45, 2.75) is 13.0 Å². The number of nitrogens with two attached hydrogens (primary N) is 1. The Labute approximate surface area is 119 Å². The van der Waals surface area contributed by atoms with E-state index in [1.807, 2.05) is 17.0 Å². The summed E-state index contributed by atoms with van der Waals surface area (Å²) < 4.78 is 5.01. The van der Waals surface area contributed by atoms with Crippen molar-refractivity contribution in [3.63, 3.8) is 0 Å². The van der Waals surface area contributed by atoms with Crippen molar-refractivity contribution in [1.29, 1.82) is 0 Å². The number of aliphatic hydroxyl groups is 1. The number of nitrogens with one attached hydrogen (secondary N) is 1. The number of methoxy groups -OCH3 is 1. The fourth-order valence-corrected chi connectivity index (χ4v) is 1.85. The molecule has 4 N–H and O–H groups in total. The maximum atomic E-state index is 12.2. The minimum atomic E-state index is -0.378. The minimum Gasteiger partial charge on any atom is -0.397 e. The molecule has 1 amide bonds. The highest BCUT2D eigenvalue weighted by atomic mass is 16.5. The normalized spacial score (nSPS) is 12.4. The van der Waals surface area contributed by atoms with Crippen molar-refractivity contribution in [3.8, 4) is 0 Å². The number of hydrogen-bond acceptors (Lipinski definition) is 5. The van der Waals surface area contributed by atoms with Gasteiger partial charge in [-0.05, 0) is 19.1 Å². The second kappa shape index (κ2) is 8.52. The summed E-state index contributed by atoms with van der Waals surface area (Å²) in [6.45, 7) is 3.29. The van der Waals surface area contributed by atoms with Gasteiger partial charge in [-0.25, -0.2) is 0 Å². The number of carbonyl (C=O) groups is 1. The largest absolute Gasteiger partial charge is 0.397 e. The van der Waals surface area contributed by atoms with Crippen LogP contribution < -0.4 is 11.1 Å². The number of benzene rings is 1. The summed E-state index contributed by atoms with van der Waals surface area (Å²) in [5.41, 5.74) is 6.92. The molecule has 6 heteroatoms. The van der Waals surface area contributed by atoms with Gasteiger partial charge in [-0.1, -0.05) is 12.1 Å². The van der Waals surface area contributed by atoms with E-state index in [0.29, 0.717) is 31.1 Å². The Hall–Kier alpha value is -1.63. The number of aliphatic hydroxyl groups excluding tert-OH is 1. The predicted octanol–water partition coefficient (Wildman–Crippen LogP) is 0.536. The van der Waals surface area contributed by atoms with Crippen LogP contribution in [0.5, 0.6) is 0 Å². The van der Waals surface area contributed by atoms with Crippen LogP contribution in [-0.4, -0.2) is 55.4 Å². The van der Waals surface area contributed by atoms with E-state index in [0.717, 1.165) is 0 Å². The van der Waals surface area contributed by atoms with Gasteiger partial charge in [-0.2, -0.15) is 0 Å². The van der Waals surface area contributed by atoms with Crippen LogP contribution >= 0.6 is 0 Å². The van der Waals surface area contributed by atoms with Crippen LogP contribution in [0.25, 0.3) is 0 Å². The summed E-state index contributed by atoms with van der Waals surface area (Å²) >= 11 is 0. The lowest BCUT2D eigenvalue weighted by Crippen LogP contribution is -2.45. The predicted molar refractivity (Wildman–Crippen MR) is 79.5 cm³/mol. The van der Waals surface area contributed by atoms with Gasteiger partial charge < -0.3 is 20.9 Å². The van der Waals surface area contributed by atoms with E-state index in [9.17, 15) is 4.79 Å². The number of carbonyl (C=O) groups excluding carboxylic acids is 1. The van der Waals surface area contributed by atoms with Crippen LogP contribution in [0.2, 0.25) is 0 Å². The number of ether oxygens (including phenoxy) is 1. The van der Waals surface area contributed by atoms with Crippen molar-refractivity contribution in [3.05, 3.63) is 24.3 Å². The highest BCUT2D eigenvalue weighted by molar-refractivity contribution is 5.97. The quantitative estimate of drug-likeness (QED) is 0.605. The molecule has 1 atom stereocenters. The molecule has 0 aliphatic heterocycles. The summed E-state index contributed by atoms with van der Waals surface area (Å²) in [7, 11) is 1.60. The van der Waals surface area contributed by atoms with Crippen LogP contribution in [-0.2, 0) is 9.53 Å². The van der Waals surface area contributed by atoms with E-state index in [4.69, 9.17) is 15.6 Å². The maximum Gasteiger partial charge on any atom is 0.241 e. The highest BCUT2D eigenvalue weighted by Crippen LogP contribution is 2.17. The van der Waals surface area contributed by atoms with Crippen LogP contribution in [0.15, 0.2) is 24.3 Å². The van der Waals surface area contributed by atoms with Crippen molar-refractivity contribution >= 4 is 17.3 Å². The van der Waals surface area contributed by atoms with Gasteiger partial charge >= 0.3 is 0 Å². The van der Waals surface area contributed by atoms with Gasteiger partial charge in [0.25, 0.3) is 0 Å². The number of rotatable bonds is 8. The molecule has 0 aromatic heterocycles. The van der Waals surface area contributed by atoms with Gasteiger partial charge in [0.05, 0.1) is 30.6 Å². The lowest BCUT2D eigenvalue weighted by Gasteiger charge is -2.27. The van der Waals surface area contributed by atoms with Crippen LogP contribution in [0.3, 0.4) is 0 Å². The number of anilines is 2. The van der Waals surface area contributed by atoms with E-state index in [1.54, 1.807) is 26.2 Å². The summed E-state index contributed by atoms with van der Waals surface area (Å²) in [6.07, 6.45) is 0. The lowest BCUT2D eigenvalue weighted by atomic mass is 10.2. The van der Waals surface area contributed by atoms with Crippen molar-refractivity contribution in [2.24, 2.45) is 0 Å². The van der Waals surface area contributed by atoms with Crippen molar-refractivity contribution < 1.29 is 14.6 Å². The molecule has 6 nitrogen and oxygen atoms in total. The second-order valence-corrected chi connectivity index (χ2v) is 4.50. The Morgan fingerprint density at radius 1 is 1.45 bits per heavy atom. The maximum absolute atomic E-state index is 12.2. The fraction of sp³-hybridized carbons (Fsp3) is 0.500. The summed E-state index contributed by atoms with van der Waals surface area (Å²) in [5.74, 6) is -0.160. The third kappa shape index (κ3) is 4.80. The van der Waals surface area contributed by atoms with Gasteiger partial charge in [-0.3, -0.25) is 9.69 Å². The van der Waals surface area contributed by atoms with E-state index in [2.05, 4.69) is 5.32 Å². The Morgan fingerprint density at radius 2 is 2.15 bits per heavy atom. The van der Waals surface area contributed by atoms with E-state index in [1.165, 1.54) is 0 Å². The van der Waals surface area contributed by atoms with Crippen LogP contribution in [0, 0.1) is 0 Å². The van der Waals surface area contributed by atoms with E-state index >= 15 is 0 Å². The van der Waals surface area contributed by atoms with Gasteiger partial charge in [-0.15, -0.1) is 0 Å². The van der Waals surface area contributed by atoms with Crippen LogP contribution in [0.1, 0.15) is 6.92 Å². The SMILES string of the molecule is COCCN(CCO)C(C)C(=O)Nc1ccccc1N. The Morgan fingerprint density at radius 3 is 2.75 bits per heavy atom. The molecule has 0 saturated carbocycles. The first-order valence-corrected chi connectivity index (χ1v) is 6.59. The molecule has 0 aliphatic rings. The minimum absolute atomic E-state index is 0.00515. The summed E-state index contributed by atoms with van der Waals surface area (Å²) in [4.78, 5) is 14.1. The molecule has 0 fully saturated rings. The molecular formula is C14H23N3O3. The molecule has 20 heavy (non-hydrogen) atoms. The zero-order valence-corrected chi connectivity index (χ0v) is 12.0. The topological polar surface area (TPSA) is 87.8 Å². The fourth-order valence-electron chi connectivity index (χ4n) is 1.85. The molecule has 0 heterocycles. The highest BCUT2D eigenvalue weighted by Gasteiger charge is 2.21. The number of nitrogens with zero attached hydrogens (tertiary/aromatic N) is 1. The molecular weight excluding hydrogens is 258 g/mol. The molecule has 0 spiro atoms. The molecule has 112 valence electrons. The smallest absolute Gasteiger partial charge is 0.241 e. The first-order chi connectivity index (χ1) is 9.60. The molecule has 0 radical (unpaired) electrons. The summed E-state index contributed by atoms with van der Waals surface area (Å²) in [6, 6.07) is 6.73. The zero-order valence-electron chi connectivity index (χ0n) is 12.0. The van der Waals surface area contributed by atoms with Gasteiger partial charge in [0.2, 0.25) is 5.91 Å². The Kier molecular flexibility index (Phi) is 7.00. The number of amides is 1. The molecule has 1 aromatic carbocycles. The third-order valence-corrected chi connectivity index (χ3v) is 3.12.